The molecule has 33 heavy (non-hydrogen) atoms. The molecule has 12 nitrogen and oxygen atoms in total. The number of hydrogen-bond donors (Lipinski definition) is 8. The van der Waals surface area contributed by atoms with Crippen LogP contribution in [0.25, 0.3) is 22.3 Å². The van der Waals surface area contributed by atoms with Gasteiger partial charge in [-0.15, -0.1) is 0 Å². The van der Waals surface area contributed by atoms with Crippen molar-refractivity contribution in [1.82, 2.24) is 0 Å². The molecule has 0 bridgehead atoms. The van der Waals surface area contributed by atoms with Gasteiger partial charge in [-0.25, -0.2) is 0 Å². The Labute approximate surface area is 184 Å². The van der Waals surface area contributed by atoms with Crippen LogP contribution in [-0.2, 0) is 4.74 Å². The van der Waals surface area contributed by atoms with Crippen LogP contribution in [0.3, 0.4) is 0 Å². The lowest BCUT2D eigenvalue weighted by Crippen LogP contribution is -2.60. The predicted molar refractivity (Wildman–Crippen MR) is 109 cm³/mol. The fraction of sp³-hybridized carbons (Fsp3) is 0.286. The van der Waals surface area contributed by atoms with Crippen LogP contribution in [0.1, 0.15) is 0 Å². The van der Waals surface area contributed by atoms with Crippen molar-refractivity contribution in [1.29, 1.82) is 0 Å². The van der Waals surface area contributed by atoms with Crippen molar-refractivity contribution in [2.24, 2.45) is 0 Å². The Morgan fingerprint density at radius 2 is 1.61 bits per heavy atom. The third-order valence-electron chi connectivity index (χ3n) is 5.26. The SMILES string of the molecule is O=c1c(O)c(-c2ccc(O)c(O)c2)oc2cc(O[C@@H]3O[C@H](CO)[C@@H](O)C(O)[C@H]3O)cc(O)c12. The Balaban J connectivity index is 1.76. The van der Waals surface area contributed by atoms with Crippen molar-refractivity contribution in [3.05, 3.63) is 40.6 Å². The summed E-state index contributed by atoms with van der Waals surface area (Å²) in [6.45, 7) is -0.676. The summed E-state index contributed by atoms with van der Waals surface area (Å²) in [6.07, 6.45) is -7.80. The standard InChI is InChI=1S/C21H20O12/c22-6-13-15(26)17(28)19(30)21(33-13)31-8-4-11(25)14-12(5-8)32-20(18(29)16(14)27)7-1-2-9(23)10(24)3-7/h1-5,13,15,17,19,21-26,28-30H,6H2/t13-,15-,17?,19-,21-/m1/s1. The summed E-state index contributed by atoms with van der Waals surface area (Å²) >= 11 is 0. The summed E-state index contributed by atoms with van der Waals surface area (Å²) in [6, 6.07) is 5.55. The molecule has 1 saturated heterocycles. The minimum atomic E-state index is -1.72. The van der Waals surface area contributed by atoms with Gasteiger partial charge in [-0.05, 0) is 18.2 Å². The monoisotopic (exact) mass is 464 g/mol. The van der Waals surface area contributed by atoms with Crippen LogP contribution in [0.2, 0.25) is 0 Å². The van der Waals surface area contributed by atoms with E-state index in [0.717, 1.165) is 24.3 Å². The number of aliphatic hydroxyl groups is 4. The number of aliphatic hydroxyl groups excluding tert-OH is 4. The maximum atomic E-state index is 12.6. The van der Waals surface area contributed by atoms with Crippen LogP contribution in [0.4, 0.5) is 0 Å². The van der Waals surface area contributed by atoms with Crippen LogP contribution in [-0.4, -0.2) is 78.2 Å². The number of fused-ring (bicyclic) bond motifs is 1. The predicted octanol–water partition coefficient (Wildman–Crippen LogP) is -0.539. The first-order chi connectivity index (χ1) is 15.6. The van der Waals surface area contributed by atoms with Crippen molar-refractivity contribution in [3.8, 4) is 40.1 Å². The topological polar surface area (TPSA) is 211 Å². The van der Waals surface area contributed by atoms with Gasteiger partial charge < -0.3 is 54.7 Å². The third-order valence-corrected chi connectivity index (χ3v) is 5.26. The van der Waals surface area contributed by atoms with Crippen molar-refractivity contribution in [2.75, 3.05) is 6.61 Å². The second-order valence-electron chi connectivity index (χ2n) is 7.44. The maximum Gasteiger partial charge on any atom is 0.238 e. The third kappa shape index (κ3) is 3.90. The lowest BCUT2D eigenvalue weighted by atomic mass is 9.99. The minimum Gasteiger partial charge on any atom is -0.507 e. The van der Waals surface area contributed by atoms with Crippen LogP contribution in [0, 0.1) is 0 Å². The Morgan fingerprint density at radius 1 is 0.879 bits per heavy atom. The van der Waals surface area contributed by atoms with Crippen molar-refractivity contribution in [2.45, 2.75) is 30.7 Å². The minimum absolute atomic E-state index is 0.0431. The lowest BCUT2D eigenvalue weighted by Gasteiger charge is -2.39. The van der Waals surface area contributed by atoms with Gasteiger partial charge in [0.15, 0.2) is 17.3 Å². The van der Waals surface area contributed by atoms with E-state index in [1.807, 2.05) is 0 Å². The number of hydrogen-bond acceptors (Lipinski definition) is 12. The number of rotatable bonds is 4. The summed E-state index contributed by atoms with van der Waals surface area (Å²) in [7, 11) is 0. The zero-order chi connectivity index (χ0) is 24.0. The van der Waals surface area contributed by atoms with Gasteiger partial charge in [-0.1, -0.05) is 0 Å². The zero-order valence-corrected chi connectivity index (χ0v) is 16.7. The summed E-state index contributed by atoms with van der Waals surface area (Å²) < 4.78 is 16.3. The molecule has 8 N–H and O–H groups in total. The van der Waals surface area contributed by atoms with E-state index in [9.17, 15) is 45.6 Å². The van der Waals surface area contributed by atoms with E-state index in [1.165, 1.54) is 6.07 Å². The molecular weight excluding hydrogens is 444 g/mol. The van der Waals surface area contributed by atoms with Gasteiger partial charge in [0, 0.05) is 17.7 Å². The van der Waals surface area contributed by atoms with Crippen LogP contribution >= 0.6 is 0 Å². The van der Waals surface area contributed by atoms with Crippen LogP contribution in [0.5, 0.6) is 28.7 Å². The van der Waals surface area contributed by atoms with E-state index in [2.05, 4.69) is 0 Å². The number of phenolic OH excluding ortho intramolecular Hbond substituents is 3. The number of ether oxygens (including phenoxy) is 2. The molecule has 0 saturated carbocycles. The van der Waals surface area contributed by atoms with E-state index >= 15 is 0 Å². The normalized spacial score (nSPS) is 25.3. The van der Waals surface area contributed by atoms with Gasteiger partial charge in [-0.2, -0.15) is 0 Å². The molecule has 5 atom stereocenters. The molecule has 176 valence electrons. The zero-order valence-electron chi connectivity index (χ0n) is 16.7. The largest absolute Gasteiger partial charge is 0.507 e. The van der Waals surface area contributed by atoms with Gasteiger partial charge in [-0.3, -0.25) is 4.79 Å². The van der Waals surface area contributed by atoms with Gasteiger partial charge >= 0.3 is 0 Å². The highest BCUT2D eigenvalue weighted by Gasteiger charge is 2.44. The molecule has 0 amide bonds. The molecule has 0 spiro atoms. The highest BCUT2D eigenvalue weighted by Crippen LogP contribution is 2.38. The molecule has 2 heterocycles. The molecule has 1 aromatic heterocycles. The molecule has 1 fully saturated rings. The van der Waals surface area contributed by atoms with E-state index in [-0.39, 0.29) is 28.0 Å². The second kappa shape index (κ2) is 8.42. The van der Waals surface area contributed by atoms with Gasteiger partial charge in [0.2, 0.25) is 17.5 Å². The summed E-state index contributed by atoms with van der Waals surface area (Å²) in [5.74, 6) is -3.02. The van der Waals surface area contributed by atoms with Gasteiger partial charge in [0.1, 0.15) is 46.9 Å². The molecule has 3 aromatic rings. The first-order valence-corrected chi connectivity index (χ1v) is 9.64. The molecule has 0 radical (unpaired) electrons. The Kier molecular flexibility index (Phi) is 5.78. The average molecular weight is 464 g/mol. The van der Waals surface area contributed by atoms with Gasteiger partial charge in [0.05, 0.1) is 6.61 Å². The Bertz CT molecular complexity index is 1250. The molecule has 2 aromatic carbocycles. The Morgan fingerprint density at radius 3 is 2.27 bits per heavy atom. The van der Waals surface area contributed by atoms with Crippen LogP contribution < -0.4 is 10.2 Å². The van der Waals surface area contributed by atoms with E-state index in [1.54, 1.807) is 0 Å². The molecule has 0 aliphatic carbocycles. The molecule has 1 aliphatic rings. The lowest BCUT2D eigenvalue weighted by molar-refractivity contribution is -0.277. The smallest absolute Gasteiger partial charge is 0.238 e. The first kappa shape index (κ1) is 22.6. The fourth-order valence-corrected chi connectivity index (χ4v) is 3.49. The second-order valence-corrected chi connectivity index (χ2v) is 7.44. The maximum absolute atomic E-state index is 12.6. The quantitative estimate of drug-likeness (QED) is 0.229. The van der Waals surface area contributed by atoms with E-state index < -0.39 is 65.7 Å². The van der Waals surface area contributed by atoms with Crippen molar-refractivity contribution >= 4 is 11.0 Å². The summed E-state index contributed by atoms with van der Waals surface area (Å²) in [5.41, 5.74) is -1.20. The van der Waals surface area contributed by atoms with Crippen molar-refractivity contribution in [3.63, 3.8) is 0 Å². The highest BCUT2D eigenvalue weighted by atomic mass is 16.7. The summed E-state index contributed by atoms with van der Waals surface area (Å²) in [4.78, 5) is 12.6. The number of benzene rings is 2. The van der Waals surface area contributed by atoms with Gasteiger partial charge in [0.25, 0.3) is 0 Å². The van der Waals surface area contributed by atoms with E-state index in [0.29, 0.717) is 0 Å². The molecule has 4 rings (SSSR count). The Hall–Kier alpha value is -3.55. The first-order valence-electron chi connectivity index (χ1n) is 9.64. The van der Waals surface area contributed by atoms with Crippen LogP contribution in [0.15, 0.2) is 39.5 Å². The van der Waals surface area contributed by atoms with Crippen molar-refractivity contribution < 1.29 is 54.7 Å². The molecule has 12 heteroatoms. The van der Waals surface area contributed by atoms with E-state index in [4.69, 9.17) is 13.9 Å². The highest BCUT2D eigenvalue weighted by molar-refractivity contribution is 5.88. The molecule has 1 aliphatic heterocycles. The summed E-state index contributed by atoms with van der Waals surface area (Å²) in [5, 5.41) is 78.6. The fourth-order valence-electron chi connectivity index (χ4n) is 3.49. The molecule has 1 unspecified atom stereocenters. The number of aromatic hydroxyl groups is 4. The average Bonchev–Trinajstić information content (AvgIpc) is 2.78. The molecular formula is C21H20O12. The number of phenols is 3.